The number of imide groups is 3. The molecule has 9 N–H and O–H groups in total. The van der Waals surface area contributed by atoms with Gasteiger partial charge in [0.25, 0.3) is 47.2 Å². The number of pyridine rings is 3. The van der Waals surface area contributed by atoms with Crippen molar-refractivity contribution in [3.05, 3.63) is 172 Å². The van der Waals surface area contributed by atoms with Gasteiger partial charge in [0.2, 0.25) is 16.6 Å². The zero-order valence-corrected chi connectivity index (χ0v) is 53.7. The van der Waals surface area contributed by atoms with Crippen molar-refractivity contribution >= 4 is 71.2 Å². The lowest BCUT2D eigenvalue weighted by Gasteiger charge is -2.26. The van der Waals surface area contributed by atoms with Crippen LogP contribution in [0, 0.1) is 35.5 Å². The Morgan fingerprint density at radius 2 is 0.950 bits per heavy atom. The topological polar surface area (TPSA) is 422 Å². The maximum absolute atomic E-state index is 13.0. The average molecular weight is 1360 g/mol. The number of hydrogen-bond acceptors (Lipinski definition) is 23. The van der Waals surface area contributed by atoms with Crippen LogP contribution < -0.4 is 57.2 Å². The van der Waals surface area contributed by atoms with Gasteiger partial charge in [-0.25, -0.2) is 29.3 Å². The van der Waals surface area contributed by atoms with Crippen LogP contribution >= 0.6 is 0 Å². The number of anilines is 2. The van der Waals surface area contributed by atoms with Gasteiger partial charge in [-0.3, -0.25) is 49.1 Å². The predicted octanol–water partition coefficient (Wildman–Crippen LogP) is 2.39. The van der Waals surface area contributed by atoms with Crippen molar-refractivity contribution in [2.24, 2.45) is 0 Å². The molecule has 3 saturated heterocycles. The lowest BCUT2D eigenvalue weighted by molar-refractivity contribution is -0.123. The van der Waals surface area contributed by atoms with E-state index in [9.17, 15) is 43.2 Å². The van der Waals surface area contributed by atoms with E-state index < -0.39 is 52.4 Å². The number of hydrogen-bond donors (Lipinski definition) is 8. The number of benzene rings is 3. The number of nitrogens with two attached hydrogens (primary N) is 1. The standard InChI is InChI=1S/C24H21N7O5.C22H17N7O5.C22H17N5O4/c1-3-25-23-30-29-19(36-23)18-7-4-14(11-26-18)8-9-24(21(33)27-22(34)28-24)13-31-12-15-5-6-16(35-2)10-17(15)20(31)32;1-33-14-4-3-13-10-29(18(30)15(13)8-14)11-22(19(31)25-21(32)26-22)7-6-12-2-5-16(24-9-12)17-27-28-20(23)34-17;1-31-16-6-5-14-12-26(19(28)17(14)10-16)13-22(20(29)24-21(30)25-22)8-7-15-11-23-18-4-2-3-9-27(15)18/h4-7,10-11H,3,12-13H2,1-2H3,(H,25,30)(H2,27,28,33,34);2-5,8-9H,10-11H2,1H3,(H2,23,28)(H2,25,26,31,32);2-6,9-11H,12-13H2,1H3,(H2,24,25,29,30)/t24-;2*22-/m111/s1. The van der Waals surface area contributed by atoms with Crippen molar-refractivity contribution in [2.45, 2.75) is 43.2 Å². The summed E-state index contributed by atoms with van der Waals surface area (Å²) < 4.78 is 28.0. The fourth-order valence-corrected chi connectivity index (χ4v) is 11.5. The molecule has 15 rings (SSSR count). The molecule has 12 heterocycles. The fraction of sp³-hybridized carbons (Fsp3) is 0.206. The molecule has 9 aromatic rings. The Hall–Kier alpha value is -14.2. The summed E-state index contributed by atoms with van der Waals surface area (Å²) in [6.07, 6.45) is 6.34. The van der Waals surface area contributed by atoms with Crippen LogP contribution in [0.15, 0.2) is 131 Å². The second-order valence-corrected chi connectivity index (χ2v) is 23.1. The summed E-state index contributed by atoms with van der Waals surface area (Å²) in [5, 5.41) is 32.5. The van der Waals surface area contributed by atoms with E-state index in [4.69, 9.17) is 28.8 Å². The molecule has 0 unspecified atom stereocenters. The Morgan fingerprint density at radius 1 is 0.515 bits per heavy atom. The molecule has 6 aliphatic rings. The number of rotatable bonds is 13. The van der Waals surface area contributed by atoms with Crippen LogP contribution in [-0.4, -0.2) is 172 Å². The van der Waals surface area contributed by atoms with Crippen LogP contribution in [0.5, 0.6) is 17.2 Å². The number of methoxy groups -OCH3 is 3. The van der Waals surface area contributed by atoms with Crippen LogP contribution in [0.3, 0.4) is 0 Å². The molecule has 0 bridgehead atoms. The minimum absolute atomic E-state index is 0.0809. The summed E-state index contributed by atoms with van der Waals surface area (Å²) in [5.74, 6) is 16.7. The lowest BCUT2D eigenvalue weighted by atomic mass is 9.99. The first-order valence-electron chi connectivity index (χ1n) is 30.7. The third-order valence-electron chi connectivity index (χ3n) is 16.5. The lowest BCUT2D eigenvalue weighted by Crippen LogP contribution is -2.54. The summed E-state index contributed by atoms with van der Waals surface area (Å²) >= 11 is 0. The van der Waals surface area contributed by atoms with Crippen molar-refractivity contribution in [2.75, 3.05) is 58.6 Å². The van der Waals surface area contributed by atoms with E-state index >= 15 is 0 Å². The summed E-state index contributed by atoms with van der Waals surface area (Å²) in [6, 6.07) is 26.0. The van der Waals surface area contributed by atoms with Gasteiger partial charge in [-0.1, -0.05) is 64.1 Å². The van der Waals surface area contributed by atoms with E-state index in [0.717, 1.165) is 16.7 Å². The molecule has 6 aromatic heterocycles. The fourth-order valence-electron chi connectivity index (χ4n) is 11.5. The normalized spacial score (nSPS) is 18.9. The monoisotopic (exact) mass is 1360 g/mol. The van der Waals surface area contributed by atoms with E-state index in [0.29, 0.717) is 86.9 Å². The van der Waals surface area contributed by atoms with Crippen LogP contribution in [0.25, 0.3) is 28.8 Å². The molecule has 0 aliphatic carbocycles. The Morgan fingerprint density at radius 3 is 1.34 bits per heavy atom. The molecule has 6 aliphatic heterocycles. The molecule has 0 saturated carbocycles. The second kappa shape index (κ2) is 26.8. The minimum Gasteiger partial charge on any atom is -0.497 e. The Kier molecular flexibility index (Phi) is 17.4. The first-order valence-corrected chi connectivity index (χ1v) is 30.7. The summed E-state index contributed by atoms with van der Waals surface area (Å²) in [5.41, 5.74) is 7.56. The number of nitrogens with zero attached hydrogens (tertiary/aromatic N) is 11. The highest BCUT2D eigenvalue weighted by Crippen LogP contribution is 2.33. The van der Waals surface area contributed by atoms with Crippen LogP contribution in [0.1, 0.15) is 71.5 Å². The van der Waals surface area contributed by atoms with Crippen LogP contribution in [0.2, 0.25) is 0 Å². The Balaban J connectivity index is 0.000000136. The van der Waals surface area contributed by atoms with Gasteiger partial charge in [0.1, 0.15) is 40.0 Å². The van der Waals surface area contributed by atoms with Gasteiger partial charge in [0.15, 0.2) is 0 Å². The highest BCUT2D eigenvalue weighted by molar-refractivity contribution is 6.12. The number of amides is 12. The van der Waals surface area contributed by atoms with Gasteiger partial charge >= 0.3 is 30.1 Å². The van der Waals surface area contributed by atoms with E-state index in [-0.39, 0.29) is 68.2 Å². The van der Waals surface area contributed by atoms with Crippen molar-refractivity contribution in [1.82, 2.24) is 86.3 Å². The van der Waals surface area contributed by atoms with Crippen LogP contribution in [0.4, 0.5) is 26.4 Å². The third kappa shape index (κ3) is 13.2. The molecule has 33 nitrogen and oxygen atoms in total. The maximum atomic E-state index is 13.0. The van der Waals surface area contributed by atoms with Crippen molar-refractivity contribution in [1.29, 1.82) is 0 Å². The number of urea groups is 3. The first-order chi connectivity index (χ1) is 48.8. The number of carbonyl (C=O) groups excluding carboxylic acids is 9. The first kappa shape index (κ1) is 65.5. The molecule has 33 heteroatoms. The number of nitrogen functional groups attached to an aromatic ring is 1. The number of ether oxygens (including phenoxy) is 3. The maximum Gasteiger partial charge on any atom is 0.323 e. The van der Waals surface area contributed by atoms with Crippen molar-refractivity contribution in [3.63, 3.8) is 0 Å². The van der Waals surface area contributed by atoms with E-state index in [1.165, 1.54) is 48.4 Å². The molecule has 3 fully saturated rings. The third-order valence-corrected chi connectivity index (χ3v) is 16.5. The molecule has 0 spiro atoms. The smallest absolute Gasteiger partial charge is 0.323 e. The van der Waals surface area contributed by atoms with Gasteiger partial charge in [-0.15, -0.1) is 10.2 Å². The van der Waals surface area contributed by atoms with Gasteiger partial charge in [-0.05, 0) is 102 Å². The van der Waals surface area contributed by atoms with Gasteiger partial charge < -0.3 is 64.7 Å². The highest BCUT2D eigenvalue weighted by atomic mass is 16.5. The molecule has 506 valence electrons. The largest absolute Gasteiger partial charge is 0.497 e. The van der Waals surface area contributed by atoms with Gasteiger partial charge in [0, 0.05) is 72.6 Å². The average Bonchev–Trinajstić information content (AvgIpc) is 1.63. The number of carbonyl (C=O) groups is 9. The van der Waals surface area contributed by atoms with E-state index in [1.54, 1.807) is 89.6 Å². The van der Waals surface area contributed by atoms with Crippen LogP contribution in [-0.2, 0) is 34.0 Å². The van der Waals surface area contributed by atoms with Crippen molar-refractivity contribution in [3.8, 4) is 75.9 Å². The SMILES string of the molecule is CCNc1nnc(-c2ccc(C#C[C@]3(CN4Cc5ccc(OC)cc5C4=O)NC(=O)NC3=O)cn2)o1.COc1ccc2c(c1)C(=O)N(C[C@@]1(C#Cc3ccc(-c4nnc(N)o4)nc3)NC(=O)NC1=O)C2.COc1ccc2c(c1)C(=O)N(C[C@@]1(C#Cc3cnc4ccccn34)NC(=O)NC1=O)C2. The molecule has 3 aromatic carbocycles. The number of aromatic nitrogens is 8. The highest BCUT2D eigenvalue weighted by Gasteiger charge is 2.51. The zero-order valence-electron chi connectivity index (χ0n) is 53.7. The molecular weight excluding hydrogens is 1310 g/mol. The van der Waals surface area contributed by atoms with E-state index in [1.807, 2.05) is 31.2 Å². The molecule has 101 heavy (non-hydrogen) atoms. The predicted molar refractivity (Wildman–Crippen MR) is 351 cm³/mol. The molecule has 12 amide bonds. The summed E-state index contributed by atoms with van der Waals surface area (Å²) in [4.78, 5) is 130. The summed E-state index contributed by atoms with van der Waals surface area (Å²) in [7, 11) is 4.56. The summed E-state index contributed by atoms with van der Waals surface area (Å²) in [6.45, 7) is 3.04. The van der Waals surface area contributed by atoms with Gasteiger partial charge in [0.05, 0.1) is 47.2 Å². The van der Waals surface area contributed by atoms with E-state index in [2.05, 4.69) is 108 Å². The molecular formula is C68H55N19O14. The quantitative estimate of drug-likeness (QED) is 0.0607. The zero-order chi connectivity index (χ0) is 70.7. The second-order valence-electron chi connectivity index (χ2n) is 23.1. The Bertz CT molecular complexity index is 5130. The molecule has 3 atom stereocenters. The van der Waals surface area contributed by atoms with Crippen molar-refractivity contribution < 1.29 is 66.2 Å². The minimum atomic E-state index is -1.63. The number of fused-ring (bicyclic) bond motifs is 4. The number of nitrogens with one attached hydrogen (secondary N) is 7. The van der Waals surface area contributed by atoms with Gasteiger partial charge in [-0.2, -0.15) is 0 Å². The number of imidazole rings is 1. The Labute approximate surface area is 571 Å². The molecule has 0 radical (unpaired) electrons.